The number of amides is 4. The molecule has 0 atom stereocenters. The molecule has 4 spiro atoms. The first-order valence-corrected chi connectivity index (χ1v) is 41.3. The number of benzene rings is 2. The first-order chi connectivity index (χ1) is 46.7. The minimum atomic E-state index is -3.69. The minimum absolute atomic E-state index is 0.0516. The molecular weight excluding hydrogens is 1410 g/mol. The summed E-state index contributed by atoms with van der Waals surface area (Å²) < 4.78 is 88.2. The van der Waals surface area contributed by atoms with E-state index < -0.39 is 47.6 Å². The fourth-order valence-electron chi connectivity index (χ4n) is 15.1. The van der Waals surface area contributed by atoms with Gasteiger partial charge in [-0.2, -0.15) is 8.42 Å². The maximum Gasteiger partial charge on any atom is 0.410 e. The maximum atomic E-state index is 13.6. The topological polar surface area (TPSA) is 268 Å². The van der Waals surface area contributed by atoms with Crippen molar-refractivity contribution in [3.05, 3.63) is 46.1 Å². The molecule has 2 aromatic carbocycles. The SMILES string of the molecule is CC(C)(C)OC(=O)N1CCC2(CC1)CC(O)C2.CC(C)(C)OC(=O)N1CCC2(CC1)CC(OS(C)(=O)=O)C2.CC(C)(C)OC(=O)N1CCC2(CC1)CC(S(=O)(=O)c1c(Cl)ccc3nc(C(C)(C)C)oc13)C2.CC(C)(C)OC(=O)N1CCC2(CC1)CC(Sc1c(Cl)ccc3nc(C(C)(C)C)oc13)C2. The van der Waals surface area contributed by atoms with Crippen LogP contribution >= 0.6 is 35.0 Å². The summed E-state index contributed by atoms with van der Waals surface area (Å²) in [6.45, 7) is 40.3. The number of carbonyl (C=O) groups excluding carboxylic acids is 4. The van der Waals surface area contributed by atoms with Crippen LogP contribution in [0.3, 0.4) is 0 Å². The smallest absolute Gasteiger partial charge is 0.410 e. The molecule has 4 saturated carbocycles. The Morgan fingerprint density at radius 3 is 1.13 bits per heavy atom. The van der Waals surface area contributed by atoms with Crippen molar-refractivity contribution in [1.29, 1.82) is 0 Å². The van der Waals surface area contributed by atoms with Gasteiger partial charge in [0, 0.05) is 68.4 Å². The van der Waals surface area contributed by atoms with Crippen LogP contribution in [0, 0.1) is 21.7 Å². The maximum absolute atomic E-state index is 13.6. The first-order valence-electron chi connectivity index (χ1n) is 36.3. The van der Waals surface area contributed by atoms with E-state index in [1.165, 1.54) is 0 Å². The molecular formula is C75H114Cl2N6O16S3. The van der Waals surface area contributed by atoms with Gasteiger partial charge < -0.3 is 52.5 Å². The second-order valence-electron chi connectivity index (χ2n) is 36.5. The summed E-state index contributed by atoms with van der Waals surface area (Å²) >= 11 is 14.8. The van der Waals surface area contributed by atoms with Gasteiger partial charge >= 0.3 is 24.4 Å². The van der Waals surface area contributed by atoms with Crippen LogP contribution in [0.2, 0.25) is 10.0 Å². The third-order valence-electron chi connectivity index (χ3n) is 20.7. The van der Waals surface area contributed by atoms with Gasteiger partial charge in [0.2, 0.25) is 11.8 Å². The number of sulfone groups is 1. The fraction of sp³-hybridized carbons (Fsp3) is 0.760. The lowest BCUT2D eigenvalue weighted by Gasteiger charge is -2.52. The third kappa shape index (κ3) is 20.7. The molecule has 0 unspecified atom stereocenters. The summed E-state index contributed by atoms with van der Waals surface area (Å²) in [6.07, 6.45) is 14.0. The Hall–Kier alpha value is -4.79. The van der Waals surface area contributed by atoms with Crippen molar-refractivity contribution >= 4 is 101 Å². The van der Waals surface area contributed by atoms with Crippen molar-refractivity contribution in [1.82, 2.24) is 29.6 Å². The fourth-order valence-corrected chi connectivity index (χ4v) is 20.4. The molecule has 4 aliphatic heterocycles. The summed E-state index contributed by atoms with van der Waals surface area (Å²) in [5, 5.41) is 10.3. The van der Waals surface area contributed by atoms with Crippen LogP contribution in [0.1, 0.15) is 239 Å². The summed E-state index contributed by atoms with van der Waals surface area (Å²) in [6, 6.07) is 7.15. The Labute approximate surface area is 619 Å². The number of ether oxygens (including phenoxy) is 4. The molecule has 8 aliphatic rings. The number of piperidine rings is 4. The molecule has 1 N–H and O–H groups in total. The number of thioether (sulfide) groups is 1. The largest absolute Gasteiger partial charge is 0.444 e. The number of hydrogen-bond donors (Lipinski definition) is 1. The molecule has 0 radical (unpaired) electrons. The number of fused-ring (bicyclic) bond motifs is 2. The molecule has 4 amide bonds. The molecule has 22 nitrogen and oxygen atoms in total. The van der Waals surface area contributed by atoms with Gasteiger partial charge in [0.1, 0.15) is 38.3 Å². The van der Waals surface area contributed by atoms with Gasteiger partial charge in [-0.3, -0.25) is 4.18 Å². The van der Waals surface area contributed by atoms with E-state index in [2.05, 4.69) is 30.7 Å². The summed E-state index contributed by atoms with van der Waals surface area (Å²) in [4.78, 5) is 65.9. The Balaban J connectivity index is 0.000000163. The molecule has 572 valence electrons. The number of rotatable bonds is 6. The number of oxazole rings is 2. The summed E-state index contributed by atoms with van der Waals surface area (Å²) in [5.41, 5.74) is 0.805. The van der Waals surface area contributed by atoms with E-state index in [1.54, 1.807) is 26.8 Å². The molecule has 0 bridgehead atoms. The molecule has 102 heavy (non-hydrogen) atoms. The van der Waals surface area contributed by atoms with Crippen molar-refractivity contribution in [2.75, 3.05) is 58.6 Å². The average Bonchev–Trinajstić information content (AvgIpc) is 1.20. The predicted octanol–water partition coefficient (Wildman–Crippen LogP) is 17.1. The van der Waals surface area contributed by atoms with E-state index in [4.69, 9.17) is 55.2 Å². The number of hydrogen-bond acceptors (Lipinski definition) is 19. The normalized spacial score (nSPS) is 21.2. The van der Waals surface area contributed by atoms with E-state index in [0.29, 0.717) is 66.5 Å². The monoisotopic (exact) mass is 1520 g/mol. The zero-order valence-corrected chi connectivity index (χ0v) is 67.8. The van der Waals surface area contributed by atoms with Gasteiger partial charge in [0.15, 0.2) is 21.0 Å². The minimum Gasteiger partial charge on any atom is -0.444 e. The summed E-state index contributed by atoms with van der Waals surface area (Å²) in [7, 11) is -7.06. The van der Waals surface area contributed by atoms with Crippen molar-refractivity contribution in [2.45, 2.75) is 293 Å². The lowest BCUT2D eigenvalue weighted by Crippen LogP contribution is -2.53. The molecule has 27 heteroatoms. The Morgan fingerprint density at radius 1 is 0.480 bits per heavy atom. The zero-order chi connectivity index (χ0) is 75.6. The van der Waals surface area contributed by atoms with Gasteiger partial charge in [-0.25, -0.2) is 37.6 Å². The second kappa shape index (κ2) is 29.8. The van der Waals surface area contributed by atoms with E-state index >= 15 is 0 Å². The Bertz CT molecular complexity index is 3880. The van der Waals surface area contributed by atoms with Crippen molar-refractivity contribution < 1.29 is 73.1 Å². The van der Waals surface area contributed by atoms with Crippen LogP contribution in [0.25, 0.3) is 22.2 Å². The molecule has 8 fully saturated rings. The van der Waals surface area contributed by atoms with Crippen LogP contribution in [-0.4, -0.2) is 180 Å². The number of halogens is 2. The lowest BCUT2D eigenvalue weighted by atomic mass is 9.61. The molecule has 6 heterocycles. The number of aliphatic hydroxyl groups excluding tert-OH is 1. The van der Waals surface area contributed by atoms with Gasteiger partial charge in [-0.05, 0) is 232 Å². The van der Waals surface area contributed by atoms with Gasteiger partial charge in [-0.1, -0.05) is 64.7 Å². The first kappa shape index (κ1) is 81.3. The number of nitrogens with zero attached hydrogens (tertiary/aromatic N) is 6. The highest BCUT2D eigenvalue weighted by atomic mass is 35.5. The van der Waals surface area contributed by atoms with Crippen LogP contribution < -0.4 is 0 Å². The summed E-state index contributed by atoms with van der Waals surface area (Å²) in [5.74, 6) is 1.22. The molecule has 4 aromatic rings. The number of likely N-dealkylation sites (tertiary alicyclic amines) is 4. The Kier molecular flexibility index (Phi) is 23.7. The van der Waals surface area contributed by atoms with Crippen LogP contribution in [0.15, 0.2) is 42.9 Å². The predicted molar refractivity (Wildman–Crippen MR) is 397 cm³/mol. The van der Waals surface area contributed by atoms with E-state index in [1.807, 2.05) is 133 Å². The molecule has 4 saturated heterocycles. The molecule has 12 rings (SSSR count). The molecule has 2 aromatic heterocycles. The van der Waals surface area contributed by atoms with E-state index in [-0.39, 0.29) is 73.7 Å². The van der Waals surface area contributed by atoms with Crippen molar-refractivity contribution in [3.8, 4) is 0 Å². The van der Waals surface area contributed by atoms with E-state index in [9.17, 15) is 41.1 Å². The standard InChI is InChI=1S/C24H33ClN2O5S.C24H33ClN2O3S.C14H25NO5S.C13H23NO3/c1-22(2,3)20-26-17-8-7-16(25)19(18(17)31-20)33(29,30)15-13-24(14-15)9-11-27(12-10-24)21(28)32-23(4,5)6;1-22(2,3)20-26-17-8-7-16(25)19(18(17)29-20)31-15-13-24(14-15)9-11-27(12-10-24)21(28)30-23(4,5)6;1-13(2,3)19-12(16)15-7-5-14(6-8-15)9-11(10-14)20-21(4,17)18;1-12(2,3)17-11(16)14-6-4-13(5-7-14)8-10(15)9-13/h7-8,15H,9-14H2,1-6H3;7-8,15H,9-14H2,1-6H3;11H,5-10H2,1-4H3;10,15H,4-9H2,1-3H3. The average molecular weight is 1520 g/mol. The van der Waals surface area contributed by atoms with Crippen LogP contribution in [-0.2, 0) is 53.9 Å². The molecule has 4 aliphatic carbocycles. The van der Waals surface area contributed by atoms with Crippen LogP contribution in [0.5, 0.6) is 0 Å². The van der Waals surface area contributed by atoms with Crippen LogP contribution in [0.4, 0.5) is 19.2 Å². The Morgan fingerprint density at radius 2 is 0.794 bits per heavy atom. The number of aliphatic hydroxyl groups is 1. The number of carbonyl (C=O) groups is 4. The highest BCUT2D eigenvalue weighted by Gasteiger charge is 2.54. The van der Waals surface area contributed by atoms with Crippen molar-refractivity contribution in [2.24, 2.45) is 21.7 Å². The van der Waals surface area contributed by atoms with Crippen molar-refractivity contribution in [3.63, 3.8) is 0 Å². The van der Waals surface area contributed by atoms with Gasteiger partial charge in [0.05, 0.1) is 38.7 Å². The quantitative estimate of drug-likeness (QED) is 0.139. The second-order valence-corrected chi connectivity index (χ2v) is 42.4. The van der Waals surface area contributed by atoms with E-state index in [0.717, 1.165) is 149 Å². The number of aromatic nitrogens is 2. The lowest BCUT2D eigenvalue weighted by molar-refractivity contribution is -0.0695. The van der Waals surface area contributed by atoms with Gasteiger partial charge in [-0.15, -0.1) is 11.8 Å². The van der Waals surface area contributed by atoms with Gasteiger partial charge in [0.25, 0.3) is 10.1 Å². The zero-order valence-electron chi connectivity index (χ0n) is 63.8. The third-order valence-corrected chi connectivity index (χ3v) is 25.7. The highest BCUT2D eigenvalue weighted by Crippen LogP contribution is 2.58. The highest BCUT2D eigenvalue weighted by molar-refractivity contribution is 8.00.